The van der Waals surface area contributed by atoms with Crippen molar-refractivity contribution >= 4 is 55.2 Å². The first kappa shape index (κ1) is 22.1. The Kier molecular flexibility index (Phi) is 4.27. The molecule has 0 saturated carbocycles. The van der Waals surface area contributed by atoms with E-state index >= 15 is 0 Å². The summed E-state index contributed by atoms with van der Waals surface area (Å²) in [6.45, 7) is 4.46. The van der Waals surface area contributed by atoms with Crippen LogP contribution in [0.1, 0.15) is 25.0 Å². The maximum atomic E-state index is 14.1. The van der Waals surface area contributed by atoms with Gasteiger partial charge in [-0.2, -0.15) is 0 Å². The molecule has 0 amide bonds. The number of aromatic nitrogens is 1. The fourth-order valence-electron chi connectivity index (χ4n) is 6.63. The number of fused-ring (bicyclic) bond motifs is 6. The highest BCUT2D eigenvalue weighted by molar-refractivity contribution is 6.08. The second-order valence-corrected chi connectivity index (χ2v) is 10.9. The van der Waals surface area contributed by atoms with E-state index in [-0.39, 0.29) is 16.3 Å². The van der Waals surface area contributed by atoms with Gasteiger partial charge in [0.15, 0.2) is 10.9 Å². The van der Waals surface area contributed by atoms with Crippen molar-refractivity contribution in [2.24, 2.45) is 0 Å². The van der Waals surface area contributed by atoms with Crippen LogP contribution in [-0.2, 0) is 5.41 Å². The van der Waals surface area contributed by atoms with E-state index < -0.39 is 0 Å². The van der Waals surface area contributed by atoms with Crippen molar-refractivity contribution in [3.05, 3.63) is 141 Å². The van der Waals surface area contributed by atoms with E-state index in [0.717, 1.165) is 33.7 Å². The average molecular weight is 505 g/mol. The van der Waals surface area contributed by atoms with Crippen molar-refractivity contribution in [2.75, 3.05) is 4.90 Å². The minimum atomic E-state index is -0.329. The number of para-hydroxylation sites is 4. The fraction of sp³-hybridized carbons (Fsp3) is 0.0857. The van der Waals surface area contributed by atoms with E-state index in [4.69, 9.17) is 0 Å². The first-order valence-corrected chi connectivity index (χ1v) is 13.2. The van der Waals surface area contributed by atoms with Crippen LogP contribution in [0.25, 0.3) is 38.1 Å². The molecule has 1 aliphatic rings. The van der Waals surface area contributed by atoms with Gasteiger partial charge in [0.25, 0.3) is 0 Å². The molecule has 0 spiro atoms. The number of pyridine rings is 2. The highest BCUT2D eigenvalue weighted by atomic mass is 16.1. The van der Waals surface area contributed by atoms with Crippen LogP contribution >= 0.6 is 0 Å². The van der Waals surface area contributed by atoms with Gasteiger partial charge < -0.3 is 9.30 Å². The van der Waals surface area contributed by atoms with Gasteiger partial charge in [0, 0.05) is 32.6 Å². The Morgan fingerprint density at radius 3 is 1.97 bits per heavy atom. The molecule has 0 aliphatic carbocycles. The lowest BCUT2D eigenvalue weighted by atomic mass is 9.73. The van der Waals surface area contributed by atoms with E-state index in [1.807, 2.05) is 60.7 Å². The first-order valence-electron chi connectivity index (χ1n) is 13.2. The number of benzene rings is 5. The molecule has 0 N–H and O–H groups in total. The molecule has 186 valence electrons. The quantitative estimate of drug-likeness (QED) is 0.170. The number of rotatable bonds is 1. The molecule has 4 nitrogen and oxygen atoms in total. The second kappa shape index (κ2) is 7.55. The molecule has 4 heteroatoms. The van der Waals surface area contributed by atoms with Crippen molar-refractivity contribution in [1.82, 2.24) is 4.40 Å². The zero-order chi connectivity index (χ0) is 26.5. The molecule has 1 aliphatic heterocycles. The molecule has 2 aromatic heterocycles. The molecule has 0 fully saturated rings. The van der Waals surface area contributed by atoms with Gasteiger partial charge in [0.1, 0.15) is 0 Å². The third kappa shape index (κ3) is 2.78. The summed E-state index contributed by atoms with van der Waals surface area (Å²) in [5, 5.41) is 2.43. The molecule has 3 heterocycles. The summed E-state index contributed by atoms with van der Waals surface area (Å²) in [7, 11) is 0. The van der Waals surface area contributed by atoms with Gasteiger partial charge in [-0.05, 0) is 65.7 Å². The lowest BCUT2D eigenvalue weighted by Gasteiger charge is -2.42. The highest BCUT2D eigenvalue weighted by Crippen LogP contribution is 2.52. The zero-order valence-corrected chi connectivity index (χ0v) is 21.6. The Bertz CT molecular complexity index is 2250. The van der Waals surface area contributed by atoms with Crippen molar-refractivity contribution in [3.8, 4) is 0 Å². The van der Waals surface area contributed by atoms with Crippen LogP contribution in [0.4, 0.5) is 17.1 Å². The molecule has 39 heavy (non-hydrogen) atoms. The summed E-state index contributed by atoms with van der Waals surface area (Å²) in [6, 6.07) is 36.3. The van der Waals surface area contributed by atoms with Gasteiger partial charge in [0.05, 0.1) is 27.9 Å². The maximum Gasteiger partial charge on any atom is 0.197 e. The largest absolute Gasteiger partial charge is 0.310 e. The number of hydrogen-bond acceptors (Lipinski definition) is 3. The molecular formula is C35H24N2O2. The molecule has 0 bridgehead atoms. The summed E-state index contributed by atoms with van der Waals surface area (Å²) >= 11 is 0. The molecule has 0 saturated heterocycles. The topological polar surface area (TPSA) is 41.8 Å². The SMILES string of the molecule is CC1(C)c2ccccc2N(c2ccccc2)c2cc3c(cc21)c(=O)c1cccc2c(=O)c4ccccc4n3c21. The van der Waals surface area contributed by atoms with E-state index in [9.17, 15) is 9.59 Å². The van der Waals surface area contributed by atoms with E-state index in [0.29, 0.717) is 27.1 Å². The predicted octanol–water partition coefficient (Wildman–Crippen LogP) is 7.67. The highest BCUT2D eigenvalue weighted by Gasteiger charge is 2.37. The lowest BCUT2D eigenvalue weighted by Crippen LogP contribution is -2.31. The number of nitrogens with zero attached hydrogens (tertiary/aromatic N) is 2. The minimum Gasteiger partial charge on any atom is -0.310 e. The minimum absolute atomic E-state index is 0.0472. The normalized spacial score (nSPS) is 14.3. The molecular weight excluding hydrogens is 480 g/mol. The van der Waals surface area contributed by atoms with Crippen LogP contribution in [0.15, 0.2) is 119 Å². The standard InChI is InChI=1S/C35H24N2O2/c1-35(2)26-16-7-9-18-29(26)36(21-11-4-3-5-12-21)31-20-30-25(19-27(31)35)34(39)24-15-10-14-23-32(24)37(30)28-17-8-6-13-22(28)33(23)38/h3-20H,1-2H3. The van der Waals surface area contributed by atoms with Gasteiger partial charge in [-0.1, -0.05) is 68.4 Å². The van der Waals surface area contributed by atoms with Crippen LogP contribution in [0, 0.1) is 0 Å². The molecule has 0 unspecified atom stereocenters. The zero-order valence-electron chi connectivity index (χ0n) is 21.6. The summed E-state index contributed by atoms with van der Waals surface area (Å²) in [4.78, 5) is 29.9. The van der Waals surface area contributed by atoms with Gasteiger partial charge in [-0.15, -0.1) is 0 Å². The first-order chi connectivity index (χ1) is 19.0. The third-order valence-corrected chi connectivity index (χ3v) is 8.48. The van der Waals surface area contributed by atoms with Crippen molar-refractivity contribution in [3.63, 3.8) is 0 Å². The molecule has 8 rings (SSSR count). The molecule has 5 aromatic carbocycles. The maximum absolute atomic E-state index is 14.1. The fourth-order valence-corrected chi connectivity index (χ4v) is 6.63. The average Bonchev–Trinajstić information content (AvgIpc) is 2.97. The Labute approximate surface area is 224 Å². The number of anilines is 3. The predicted molar refractivity (Wildman–Crippen MR) is 160 cm³/mol. The second-order valence-electron chi connectivity index (χ2n) is 10.9. The van der Waals surface area contributed by atoms with Crippen LogP contribution in [0.3, 0.4) is 0 Å². The van der Waals surface area contributed by atoms with E-state index in [2.05, 4.69) is 71.7 Å². The van der Waals surface area contributed by atoms with Crippen molar-refractivity contribution in [2.45, 2.75) is 19.3 Å². The van der Waals surface area contributed by atoms with Gasteiger partial charge in [0.2, 0.25) is 0 Å². The Morgan fingerprint density at radius 2 is 1.18 bits per heavy atom. The molecule has 7 aromatic rings. The number of hydrogen-bond donors (Lipinski definition) is 0. The summed E-state index contributed by atoms with van der Waals surface area (Å²) in [6.07, 6.45) is 0. The molecule has 0 radical (unpaired) electrons. The smallest absolute Gasteiger partial charge is 0.197 e. The monoisotopic (exact) mass is 504 g/mol. The van der Waals surface area contributed by atoms with E-state index in [1.165, 1.54) is 5.56 Å². The summed E-state index contributed by atoms with van der Waals surface area (Å²) in [5.41, 5.74) is 7.38. The van der Waals surface area contributed by atoms with Crippen LogP contribution in [0.5, 0.6) is 0 Å². The Morgan fingerprint density at radius 1 is 0.538 bits per heavy atom. The van der Waals surface area contributed by atoms with E-state index in [1.54, 1.807) is 0 Å². The summed E-state index contributed by atoms with van der Waals surface area (Å²) in [5.74, 6) is 0. The van der Waals surface area contributed by atoms with Crippen molar-refractivity contribution < 1.29 is 0 Å². The van der Waals surface area contributed by atoms with Crippen molar-refractivity contribution in [1.29, 1.82) is 0 Å². The molecule has 0 atom stereocenters. The Balaban J connectivity index is 1.63. The van der Waals surface area contributed by atoms with Gasteiger partial charge in [-0.3, -0.25) is 9.59 Å². The third-order valence-electron chi connectivity index (χ3n) is 8.48. The van der Waals surface area contributed by atoms with Crippen LogP contribution in [-0.4, -0.2) is 4.40 Å². The Hall–Kier alpha value is -4.96. The van der Waals surface area contributed by atoms with Gasteiger partial charge >= 0.3 is 0 Å². The summed E-state index contributed by atoms with van der Waals surface area (Å²) < 4.78 is 2.12. The van der Waals surface area contributed by atoms with Crippen LogP contribution in [0.2, 0.25) is 0 Å². The van der Waals surface area contributed by atoms with Crippen LogP contribution < -0.4 is 15.8 Å². The van der Waals surface area contributed by atoms with Gasteiger partial charge in [-0.25, -0.2) is 0 Å². The lowest BCUT2D eigenvalue weighted by molar-refractivity contribution is 0.633.